The molecule has 2 aliphatic heterocycles. The summed E-state index contributed by atoms with van der Waals surface area (Å²) < 4.78 is 6.31. The van der Waals surface area contributed by atoms with Crippen LogP contribution in [0.4, 0.5) is 0 Å². The van der Waals surface area contributed by atoms with Gasteiger partial charge in [0.15, 0.2) is 0 Å². The first-order chi connectivity index (χ1) is 19.7. The molecule has 3 aromatic rings. The van der Waals surface area contributed by atoms with E-state index >= 15 is 0 Å². The van der Waals surface area contributed by atoms with Crippen LogP contribution >= 0.6 is 37.2 Å². The molecule has 1 saturated heterocycles. The molecule has 0 saturated carbocycles. The van der Waals surface area contributed by atoms with E-state index in [9.17, 15) is 0 Å². The van der Waals surface area contributed by atoms with Crippen LogP contribution in [-0.2, 0) is 32.6 Å². The second-order valence-corrected chi connectivity index (χ2v) is 11.9. The zero-order valence-electron chi connectivity index (χ0n) is 26.1. The van der Waals surface area contributed by atoms with Crippen LogP contribution in [0.1, 0.15) is 67.3 Å². The third kappa shape index (κ3) is 11.6. The third-order valence-electron chi connectivity index (χ3n) is 8.97. The van der Waals surface area contributed by atoms with E-state index in [1.165, 1.54) is 66.6 Å². The van der Waals surface area contributed by atoms with Gasteiger partial charge >= 0.3 is 0 Å². The standard InChI is InChI=1S/C36H49N3O.3ClH/c1-3-37(4-2)26-32-12-14-33(15-13-32)27-38-22-18-30(19-23-38)20-24-40-36-17-16-34-11-8-21-39(29-35(34)25-36)28-31-9-6-5-7-10-31;;;/h5-7,9-10,12-17,25,30H,3-4,8,11,18-24,26-29H2,1-2H3;3*1H. The minimum Gasteiger partial charge on any atom is -0.494 e. The Hall–Kier alpha value is -1.79. The van der Waals surface area contributed by atoms with Gasteiger partial charge in [-0.1, -0.05) is 74.5 Å². The second kappa shape index (κ2) is 19.6. The highest BCUT2D eigenvalue weighted by atomic mass is 35.5. The zero-order valence-corrected chi connectivity index (χ0v) is 28.5. The van der Waals surface area contributed by atoms with Gasteiger partial charge in [-0.05, 0) is 111 Å². The Bertz CT molecular complexity index is 1170. The molecule has 0 amide bonds. The number of hydrogen-bond donors (Lipinski definition) is 0. The predicted octanol–water partition coefficient (Wildman–Crippen LogP) is 8.42. The normalized spacial score (nSPS) is 15.9. The van der Waals surface area contributed by atoms with Crippen LogP contribution in [-0.4, -0.2) is 54.0 Å². The summed E-state index contributed by atoms with van der Waals surface area (Å²) in [6.45, 7) is 15.2. The van der Waals surface area contributed by atoms with Crippen molar-refractivity contribution in [2.45, 2.75) is 72.1 Å². The van der Waals surface area contributed by atoms with E-state index in [4.69, 9.17) is 4.74 Å². The minimum atomic E-state index is 0. The molecule has 2 aliphatic rings. The number of rotatable bonds is 12. The van der Waals surface area contributed by atoms with Crippen molar-refractivity contribution < 1.29 is 4.74 Å². The molecule has 0 spiro atoms. The lowest BCUT2D eigenvalue weighted by atomic mass is 9.93. The number of aryl methyl sites for hydroxylation is 1. The highest BCUT2D eigenvalue weighted by molar-refractivity contribution is 5.86. The van der Waals surface area contributed by atoms with Crippen LogP contribution in [0.25, 0.3) is 0 Å². The SMILES string of the molecule is CCN(CC)Cc1ccc(CN2CCC(CCOc3ccc4c(c3)CN(Cc3ccccc3)CCC4)CC2)cc1.Cl.Cl.Cl. The lowest BCUT2D eigenvalue weighted by Crippen LogP contribution is -2.33. The van der Waals surface area contributed by atoms with Gasteiger partial charge in [-0.2, -0.15) is 0 Å². The van der Waals surface area contributed by atoms with E-state index in [-0.39, 0.29) is 37.2 Å². The molecule has 2 heterocycles. The van der Waals surface area contributed by atoms with Crippen molar-refractivity contribution in [3.05, 3.63) is 101 Å². The zero-order chi connectivity index (χ0) is 27.6. The summed E-state index contributed by atoms with van der Waals surface area (Å²) in [7, 11) is 0. The fraction of sp³-hybridized carbons (Fsp3) is 0.500. The van der Waals surface area contributed by atoms with Crippen molar-refractivity contribution in [2.24, 2.45) is 5.92 Å². The van der Waals surface area contributed by atoms with Gasteiger partial charge in [0.25, 0.3) is 0 Å². The van der Waals surface area contributed by atoms with Crippen LogP contribution in [0.15, 0.2) is 72.8 Å². The van der Waals surface area contributed by atoms with Crippen LogP contribution in [0.2, 0.25) is 0 Å². The molecule has 0 atom stereocenters. The van der Waals surface area contributed by atoms with Crippen LogP contribution in [0.3, 0.4) is 0 Å². The lowest BCUT2D eigenvalue weighted by Gasteiger charge is -2.32. The van der Waals surface area contributed by atoms with E-state index in [1.54, 1.807) is 0 Å². The Labute approximate surface area is 279 Å². The Morgan fingerprint density at radius 2 is 1.37 bits per heavy atom. The molecule has 43 heavy (non-hydrogen) atoms. The first-order valence-electron chi connectivity index (χ1n) is 15.7. The number of nitrogens with zero attached hydrogens (tertiary/aromatic N) is 3. The van der Waals surface area contributed by atoms with Gasteiger partial charge in [-0.15, -0.1) is 37.2 Å². The molecular weight excluding hydrogens is 597 g/mol. The fourth-order valence-corrected chi connectivity index (χ4v) is 6.36. The molecular formula is C36H52Cl3N3O. The third-order valence-corrected chi connectivity index (χ3v) is 8.97. The van der Waals surface area contributed by atoms with E-state index < -0.39 is 0 Å². The van der Waals surface area contributed by atoms with Crippen molar-refractivity contribution in [2.75, 3.05) is 39.3 Å². The van der Waals surface area contributed by atoms with Crippen LogP contribution < -0.4 is 4.74 Å². The van der Waals surface area contributed by atoms with Gasteiger partial charge in [0.1, 0.15) is 5.75 Å². The highest BCUT2D eigenvalue weighted by Gasteiger charge is 2.20. The van der Waals surface area contributed by atoms with E-state index in [1.807, 2.05) is 0 Å². The summed E-state index contributed by atoms with van der Waals surface area (Å²) in [6, 6.07) is 27.0. The van der Waals surface area contributed by atoms with Crippen molar-refractivity contribution in [1.82, 2.24) is 14.7 Å². The van der Waals surface area contributed by atoms with Gasteiger partial charge in [0.2, 0.25) is 0 Å². The molecule has 5 rings (SSSR count). The minimum absolute atomic E-state index is 0. The molecule has 238 valence electrons. The summed E-state index contributed by atoms with van der Waals surface area (Å²) in [5.74, 6) is 1.82. The number of halogens is 3. The smallest absolute Gasteiger partial charge is 0.119 e. The molecule has 0 N–H and O–H groups in total. The Kier molecular flexibility index (Phi) is 17.0. The van der Waals surface area contributed by atoms with Crippen molar-refractivity contribution in [3.8, 4) is 5.75 Å². The van der Waals surface area contributed by atoms with Crippen LogP contribution in [0, 0.1) is 5.92 Å². The Balaban J connectivity index is 0.00000215. The van der Waals surface area contributed by atoms with E-state index in [0.717, 1.165) is 70.5 Å². The highest BCUT2D eigenvalue weighted by Crippen LogP contribution is 2.26. The monoisotopic (exact) mass is 647 g/mol. The molecule has 0 aliphatic carbocycles. The Morgan fingerprint density at radius 3 is 2.07 bits per heavy atom. The number of ether oxygens (including phenoxy) is 1. The molecule has 3 aromatic carbocycles. The topological polar surface area (TPSA) is 19.0 Å². The molecule has 1 fully saturated rings. The van der Waals surface area contributed by atoms with Crippen molar-refractivity contribution in [3.63, 3.8) is 0 Å². The molecule has 4 nitrogen and oxygen atoms in total. The maximum absolute atomic E-state index is 6.31. The van der Waals surface area contributed by atoms with Gasteiger partial charge in [-0.25, -0.2) is 0 Å². The molecule has 0 unspecified atom stereocenters. The molecule has 0 aromatic heterocycles. The average Bonchev–Trinajstić information content (AvgIpc) is 3.19. The molecule has 0 radical (unpaired) electrons. The first kappa shape index (κ1) is 37.4. The number of likely N-dealkylation sites (tertiary alicyclic amines) is 1. The fourth-order valence-electron chi connectivity index (χ4n) is 6.36. The summed E-state index contributed by atoms with van der Waals surface area (Å²) in [4.78, 5) is 7.68. The maximum atomic E-state index is 6.31. The first-order valence-corrected chi connectivity index (χ1v) is 15.7. The number of benzene rings is 3. The summed E-state index contributed by atoms with van der Waals surface area (Å²) in [6.07, 6.45) is 6.11. The Morgan fingerprint density at radius 1 is 0.721 bits per heavy atom. The second-order valence-electron chi connectivity index (χ2n) is 11.9. The molecule has 7 heteroatoms. The number of hydrogen-bond acceptors (Lipinski definition) is 4. The van der Waals surface area contributed by atoms with Gasteiger partial charge in [0.05, 0.1) is 6.61 Å². The number of piperidine rings is 1. The van der Waals surface area contributed by atoms with E-state index in [0.29, 0.717) is 0 Å². The molecule has 0 bridgehead atoms. The van der Waals surface area contributed by atoms with Gasteiger partial charge in [-0.3, -0.25) is 14.7 Å². The summed E-state index contributed by atoms with van der Waals surface area (Å²) in [5, 5.41) is 0. The maximum Gasteiger partial charge on any atom is 0.119 e. The summed E-state index contributed by atoms with van der Waals surface area (Å²) in [5.41, 5.74) is 7.20. The van der Waals surface area contributed by atoms with Crippen molar-refractivity contribution in [1.29, 1.82) is 0 Å². The lowest BCUT2D eigenvalue weighted by molar-refractivity contribution is 0.157. The van der Waals surface area contributed by atoms with E-state index in [2.05, 4.69) is 101 Å². The van der Waals surface area contributed by atoms with Crippen molar-refractivity contribution >= 4 is 37.2 Å². The predicted molar refractivity (Wildman–Crippen MR) is 188 cm³/mol. The quantitative estimate of drug-likeness (QED) is 0.196. The number of fused-ring (bicyclic) bond motifs is 1. The van der Waals surface area contributed by atoms with Crippen LogP contribution in [0.5, 0.6) is 5.75 Å². The summed E-state index contributed by atoms with van der Waals surface area (Å²) >= 11 is 0. The van der Waals surface area contributed by atoms with Gasteiger partial charge < -0.3 is 4.74 Å². The average molecular weight is 649 g/mol. The largest absolute Gasteiger partial charge is 0.494 e. The van der Waals surface area contributed by atoms with Gasteiger partial charge in [0, 0.05) is 26.2 Å².